The zero-order valence-electron chi connectivity index (χ0n) is 15.0. The molecule has 0 N–H and O–H groups in total. The molecule has 0 bridgehead atoms. The van der Waals surface area contributed by atoms with Gasteiger partial charge in [-0.25, -0.2) is 9.97 Å². The van der Waals surface area contributed by atoms with Crippen LogP contribution in [0.1, 0.15) is 26.7 Å². The van der Waals surface area contributed by atoms with Crippen LogP contribution in [0.25, 0.3) is 0 Å². The maximum atomic E-state index is 12.7. The Labute approximate surface area is 147 Å². The Balaban J connectivity index is 1.61. The lowest BCUT2D eigenvalue weighted by molar-refractivity contribution is -0.141. The molecule has 8 nitrogen and oxygen atoms in total. The first-order valence-corrected chi connectivity index (χ1v) is 8.71. The van der Waals surface area contributed by atoms with E-state index in [4.69, 9.17) is 9.57 Å². The number of hydrogen-bond acceptors (Lipinski definition) is 7. The molecule has 2 aliphatic rings. The van der Waals surface area contributed by atoms with Crippen molar-refractivity contribution >= 4 is 17.4 Å². The topological polar surface area (TPSA) is 80.2 Å². The maximum Gasteiger partial charge on any atom is 0.266 e. The second-order valence-electron chi connectivity index (χ2n) is 6.59. The van der Waals surface area contributed by atoms with Crippen LogP contribution < -0.4 is 9.64 Å². The molecule has 1 aromatic rings. The minimum Gasteiger partial charge on any atom is -0.478 e. The van der Waals surface area contributed by atoms with Crippen LogP contribution in [0.2, 0.25) is 0 Å². The van der Waals surface area contributed by atoms with Gasteiger partial charge in [0.15, 0.2) is 5.82 Å². The van der Waals surface area contributed by atoms with Gasteiger partial charge in [-0.15, -0.1) is 0 Å². The van der Waals surface area contributed by atoms with Crippen LogP contribution in [0.3, 0.4) is 0 Å². The molecule has 2 aliphatic heterocycles. The van der Waals surface area contributed by atoms with E-state index in [1.54, 1.807) is 19.5 Å². The summed E-state index contributed by atoms with van der Waals surface area (Å²) in [5.74, 6) is 1.56. The normalized spacial score (nSPS) is 21.0. The first-order valence-electron chi connectivity index (χ1n) is 8.71. The summed E-state index contributed by atoms with van der Waals surface area (Å²) in [6.07, 6.45) is 4.24. The van der Waals surface area contributed by atoms with Crippen molar-refractivity contribution in [2.24, 2.45) is 11.1 Å². The van der Waals surface area contributed by atoms with Gasteiger partial charge in [0, 0.05) is 45.0 Å². The van der Waals surface area contributed by atoms with Crippen molar-refractivity contribution in [1.82, 2.24) is 14.9 Å². The maximum absolute atomic E-state index is 12.7. The van der Waals surface area contributed by atoms with Crippen molar-refractivity contribution in [3.8, 4) is 5.88 Å². The average Bonchev–Trinajstić information content (AvgIpc) is 3.00. The van der Waals surface area contributed by atoms with E-state index in [-0.39, 0.29) is 5.91 Å². The van der Waals surface area contributed by atoms with Crippen LogP contribution in [-0.4, -0.2) is 65.9 Å². The Morgan fingerprint density at radius 2 is 2.04 bits per heavy atom. The third kappa shape index (κ3) is 3.83. The number of aromatic nitrogens is 2. The summed E-state index contributed by atoms with van der Waals surface area (Å²) in [5, 5.41) is 4.07. The summed E-state index contributed by atoms with van der Waals surface area (Å²) in [6.45, 7) is 6.94. The number of nitrogens with zero attached hydrogens (tertiary/aromatic N) is 5. The number of hydrogen-bond donors (Lipinski definition) is 0. The Kier molecular flexibility index (Phi) is 5.35. The number of methoxy groups -OCH3 is 1. The van der Waals surface area contributed by atoms with Crippen LogP contribution in [-0.2, 0) is 9.63 Å². The highest BCUT2D eigenvalue weighted by molar-refractivity contribution is 5.93. The van der Waals surface area contributed by atoms with Crippen LogP contribution >= 0.6 is 0 Å². The van der Waals surface area contributed by atoms with Crippen LogP contribution in [0.15, 0.2) is 17.5 Å². The molecule has 1 amide bonds. The highest BCUT2D eigenvalue weighted by Crippen LogP contribution is 2.24. The molecule has 0 spiro atoms. The van der Waals surface area contributed by atoms with Crippen LogP contribution in [0.4, 0.5) is 5.82 Å². The van der Waals surface area contributed by atoms with E-state index >= 15 is 0 Å². The number of carbonyl (C=O) groups excluding carboxylic acids is 1. The summed E-state index contributed by atoms with van der Waals surface area (Å²) >= 11 is 0. The molecule has 0 aromatic carbocycles. The second-order valence-corrected chi connectivity index (χ2v) is 6.59. The van der Waals surface area contributed by atoms with Crippen molar-refractivity contribution in [1.29, 1.82) is 0 Å². The smallest absolute Gasteiger partial charge is 0.266 e. The molecule has 0 saturated carbocycles. The van der Waals surface area contributed by atoms with Gasteiger partial charge in [-0.1, -0.05) is 19.0 Å². The first kappa shape index (κ1) is 17.4. The van der Waals surface area contributed by atoms with E-state index in [1.807, 2.05) is 4.90 Å². The van der Waals surface area contributed by atoms with Gasteiger partial charge in [-0.3, -0.25) is 4.79 Å². The summed E-state index contributed by atoms with van der Waals surface area (Å²) < 4.78 is 5.30. The lowest BCUT2D eigenvalue weighted by Gasteiger charge is -2.24. The monoisotopic (exact) mass is 347 g/mol. The summed E-state index contributed by atoms with van der Waals surface area (Å²) in [5.41, 5.74) is 0.957. The lowest BCUT2D eigenvalue weighted by atomic mass is 10.0. The van der Waals surface area contributed by atoms with Crippen molar-refractivity contribution < 1.29 is 14.4 Å². The molecule has 1 aromatic heterocycles. The predicted molar refractivity (Wildman–Crippen MR) is 93.8 cm³/mol. The van der Waals surface area contributed by atoms with E-state index in [1.165, 1.54) is 0 Å². The number of anilines is 1. The Morgan fingerprint density at radius 3 is 2.76 bits per heavy atom. The minimum absolute atomic E-state index is 0.0207. The minimum atomic E-state index is -0.477. The first-order chi connectivity index (χ1) is 12.1. The number of amides is 1. The molecule has 8 heteroatoms. The van der Waals surface area contributed by atoms with Gasteiger partial charge in [0.25, 0.3) is 11.8 Å². The molecular formula is C17H25N5O3. The van der Waals surface area contributed by atoms with E-state index < -0.39 is 6.10 Å². The van der Waals surface area contributed by atoms with Gasteiger partial charge >= 0.3 is 0 Å². The zero-order chi connectivity index (χ0) is 17.8. The second kappa shape index (κ2) is 7.67. The Hall–Kier alpha value is -2.38. The highest BCUT2D eigenvalue weighted by atomic mass is 16.6. The predicted octanol–water partition coefficient (Wildman–Crippen LogP) is 1.32. The standard InChI is InChI=1S/C17H25N5O3/c1-12(2)13-11-14(25-20-13)17(23)22-8-4-7-21(9-10-22)15-16(24-3)19-6-5-18-15/h5-6,12,14H,4,7-11H2,1-3H3. The molecule has 1 atom stereocenters. The SMILES string of the molecule is COc1nccnc1N1CCCN(C(=O)C2CC(C(C)C)=NO2)CC1. The fourth-order valence-corrected chi connectivity index (χ4v) is 3.10. The van der Waals surface area contributed by atoms with Crippen molar-refractivity contribution in [2.75, 3.05) is 38.2 Å². The summed E-state index contributed by atoms with van der Waals surface area (Å²) in [7, 11) is 1.59. The van der Waals surface area contributed by atoms with E-state index in [2.05, 4.69) is 33.9 Å². The summed E-state index contributed by atoms with van der Waals surface area (Å²) in [4.78, 5) is 30.7. The molecule has 1 fully saturated rings. The number of ether oxygens (including phenoxy) is 1. The lowest BCUT2D eigenvalue weighted by Crippen LogP contribution is -2.41. The third-order valence-electron chi connectivity index (χ3n) is 4.58. The van der Waals surface area contributed by atoms with Gasteiger partial charge in [0.05, 0.1) is 12.8 Å². The Morgan fingerprint density at radius 1 is 1.24 bits per heavy atom. The highest BCUT2D eigenvalue weighted by Gasteiger charge is 2.33. The molecule has 136 valence electrons. The third-order valence-corrected chi connectivity index (χ3v) is 4.58. The van der Waals surface area contributed by atoms with E-state index in [0.717, 1.165) is 24.5 Å². The fraction of sp³-hybridized carbons (Fsp3) is 0.647. The van der Waals surface area contributed by atoms with E-state index in [0.29, 0.717) is 37.9 Å². The number of carbonyl (C=O) groups is 1. The van der Waals surface area contributed by atoms with Gasteiger partial charge < -0.3 is 19.4 Å². The van der Waals surface area contributed by atoms with E-state index in [9.17, 15) is 4.79 Å². The van der Waals surface area contributed by atoms with Crippen LogP contribution in [0, 0.1) is 5.92 Å². The molecule has 3 heterocycles. The average molecular weight is 347 g/mol. The molecule has 25 heavy (non-hydrogen) atoms. The molecule has 0 aliphatic carbocycles. The molecule has 0 radical (unpaired) electrons. The van der Waals surface area contributed by atoms with Gasteiger partial charge in [-0.05, 0) is 12.3 Å². The molecule has 1 saturated heterocycles. The van der Waals surface area contributed by atoms with Gasteiger partial charge in [0.1, 0.15) is 0 Å². The zero-order valence-corrected chi connectivity index (χ0v) is 15.0. The quantitative estimate of drug-likeness (QED) is 0.817. The largest absolute Gasteiger partial charge is 0.478 e. The molecule has 3 rings (SSSR count). The fourth-order valence-electron chi connectivity index (χ4n) is 3.10. The van der Waals surface area contributed by atoms with Crippen molar-refractivity contribution in [3.05, 3.63) is 12.4 Å². The van der Waals surface area contributed by atoms with Crippen molar-refractivity contribution in [2.45, 2.75) is 32.8 Å². The number of rotatable bonds is 4. The van der Waals surface area contributed by atoms with Crippen molar-refractivity contribution in [3.63, 3.8) is 0 Å². The molecular weight excluding hydrogens is 322 g/mol. The molecule has 1 unspecified atom stereocenters. The van der Waals surface area contributed by atoms with Crippen LogP contribution in [0.5, 0.6) is 5.88 Å². The number of oxime groups is 1. The van der Waals surface area contributed by atoms with Gasteiger partial charge in [0.2, 0.25) is 6.10 Å². The Bertz CT molecular complexity index is 649. The van der Waals surface area contributed by atoms with Gasteiger partial charge in [-0.2, -0.15) is 0 Å². The summed E-state index contributed by atoms with van der Waals surface area (Å²) in [6, 6.07) is 0.